The highest BCUT2D eigenvalue weighted by Crippen LogP contribution is 2.32. The van der Waals surface area contributed by atoms with Crippen molar-refractivity contribution in [1.29, 1.82) is 0 Å². The molecule has 5 rings (SSSR count). The Hall–Kier alpha value is -3.05. The fourth-order valence-corrected chi connectivity index (χ4v) is 4.89. The van der Waals surface area contributed by atoms with Gasteiger partial charge in [0, 0.05) is 50.2 Å². The lowest BCUT2D eigenvalue weighted by atomic mass is 10.0. The summed E-state index contributed by atoms with van der Waals surface area (Å²) in [6, 6.07) is 0. The van der Waals surface area contributed by atoms with Crippen LogP contribution in [0, 0.1) is 6.92 Å². The van der Waals surface area contributed by atoms with Gasteiger partial charge in [-0.25, -0.2) is 9.97 Å². The standard InChI is InChI=1S/C19H22N6O2S.C2H4O2/c1-14-17(21-4-3-20-14)25-5-2-19(13-25)12-24(6-8-27-19)16(26)10-15-11-23-7-9-28-18(23)22-15;1-2(3)4/h3-4,7,9,11H,2,5-6,8,10,12-13H2,1H3;1H3,(H,3,4). The summed E-state index contributed by atoms with van der Waals surface area (Å²) in [4.78, 5) is 40.3. The first-order valence-corrected chi connectivity index (χ1v) is 11.3. The Kier molecular flexibility index (Phi) is 6.38. The number of imidazole rings is 1. The molecule has 0 aromatic carbocycles. The van der Waals surface area contributed by atoms with E-state index < -0.39 is 5.97 Å². The molecule has 2 saturated heterocycles. The summed E-state index contributed by atoms with van der Waals surface area (Å²) in [6.45, 7) is 6.46. The van der Waals surface area contributed by atoms with E-state index in [0.717, 1.165) is 48.6 Å². The molecule has 1 unspecified atom stereocenters. The Morgan fingerprint density at radius 3 is 2.78 bits per heavy atom. The number of aromatic nitrogens is 4. The van der Waals surface area contributed by atoms with Gasteiger partial charge in [-0.05, 0) is 13.3 Å². The van der Waals surface area contributed by atoms with E-state index in [1.165, 1.54) is 0 Å². The number of aliphatic carboxylic acids is 1. The number of morpholine rings is 1. The first-order valence-electron chi connectivity index (χ1n) is 10.4. The van der Waals surface area contributed by atoms with Crippen LogP contribution in [0.1, 0.15) is 24.7 Å². The molecule has 2 aliphatic rings. The summed E-state index contributed by atoms with van der Waals surface area (Å²) in [5.41, 5.74) is 1.41. The molecule has 11 heteroatoms. The molecule has 1 N–H and O–H groups in total. The van der Waals surface area contributed by atoms with Crippen LogP contribution >= 0.6 is 11.3 Å². The molecule has 2 aliphatic heterocycles. The van der Waals surface area contributed by atoms with Gasteiger partial charge in [-0.3, -0.25) is 19.0 Å². The number of carbonyl (C=O) groups excluding carboxylic acids is 1. The second-order valence-electron chi connectivity index (χ2n) is 8.00. The number of amides is 1. The first-order chi connectivity index (χ1) is 15.3. The van der Waals surface area contributed by atoms with Crippen molar-refractivity contribution in [2.24, 2.45) is 0 Å². The second kappa shape index (κ2) is 9.21. The lowest BCUT2D eigenvalue weighted by Gasteiger charge is -2.40. The van der Waals surface area contributed by atoms with Crippen molar-refractivity contribution in [3.8, 4) is 0 Å². The van der Waals surface area contributed by atoms with Gasteiger partial charge in [0.1, 0.15) is 11.4 Å². The first kappa shape index (κ1) is 22.2. The monoisotopic (exact) mass is 458 g/mol. The highest BCUT2D eigenvalue weighted by molar-refractivity contribution is 7.15. The molecule has 2 fully saturated rings. The summed E-state index contributed by atoms with van der Waals surface area (Å²) >= 11 is 1.58. The summed E-state index contributed by atoms with van der Waals surface area (Å²) in [5, 5.41) is 9.41. The van der Waals surface area contributed by atoms with E-state index in [2.05, 4.69) is 19.9 Å². The van der Waals surface area contributed by atoms with Gasteiger partial charge in [0.05, 0.1) is 37.5 Å². The van der Waals surface area contributed by atoms with Crippen LogP contribution in [0.4, 0.5) is 5.82 Å². The quantitative estimate of drug-likeness (QED) is 0.630. The maximum Gasteiger partial charge on any atom is 0.300 e. The molecule has 10 nitrogen and oxygen atoms in total. The number of thiazole rings is 1. The second-order valence-corrected chi connectivity index (χ2v) is 8.88. The van der Waals surface area contributed by atoms with Crippen LogP contribution in [0.25, 0.3) is 4.96 Å². The molecule has 3 aromatic heterocycles. The highest BCUT2D eigenvalue weighted by Gasteiger charge is 2.44. The predicted molar refractivity (Wildman–Crippen MR) is 119 cm³/mol. The molecule has 1 atom stereocenters. The molecule has 0 radical (unpaired) electrons. The number of carbonyl (C=O) groups is 2. The largest absolute Gasteiger partial charge is 0.481 e. The number of fused-ring (bicyclic) bond motifs is 1. The maximum absolute atomic E-state index is 12.9. The summed E-state index contributed by atoms with van der Waals surface area (Å²) in [7, 11) is 0. The Bertz CT molecular complexity index is 1080. The third kappa shape index (κ3) is 4.89. The van der Waals surface area contributed by atoms with Gasteiger partial charge in [-0.2, -0.15) is 0 Å². The summed E-state index contributed by atoms with van der Waals surface area (Å²) in [5.74, 6) is 0.187. The van der Waals surface area contributed by atoms with Gasteiger partial charge < -0.3 is 19.6 Å². The van der Waals surface area contributed by atoms with E-state index >= 15 is 0 Å². The number of anilines is 1. The van der Waals surface area contributed by atoms with Gasteiger partial charge >= 0.3 is 0 Å². The Balaban J connectivity index is 0.000000567. The lowest BCUT2D eigenvalue weighted by molar-refractivity contribution is -0.147. The zero-order chi connectivity index (χ0) is 22.7. The van der Waals surface area contributed by atoms with Crippen LogP contribution in [0.15, 0.2) is 30.2 Å². The number of nitrogens with zero attached hydrogens (tertiary/aromatic N) is 6. The molecule has 1 spiro atoms. The lowest BCUT2D eigenvalue weighted by Crippen LogP contribution is -2.55. The zero-order valence-corrected chi connectivity index (χ0v) is 18.9. The smallest absolute Gasteiger partial charge is 0.300 e. The highest BCUT2D eigenvalue weighted by atomic mass is 32.1. The Morgan fingerprint density at radius 1 is 1.25 bits per heavy atom. The van der Waals surface area contributed by atoms with E-state index in [1.807, 2.05) is 34.0 Å². The fourth-order valence-electron chi connectivity index (χ4n) is 4.17. The number of hydrogen-bond donors (Lipinski definition) is 1. The predicted octanol–water partition coefficient (Wildman–Crippen LogP) is 1.64. The molecule has 32 heavy (non-hydrogen) atoms. The van der Waals surface area contributed by atoms with E-state index in [9.17, 15) is 4.79 Å². The van der Waals surface area contributed by atoms with Gasteiger partial charge in [-0.15, -0.1) is 11.3 Å². The van der Waals surface area contributed by atoms with E-state index in [0.29, 0.717) is 26.1 Å². The molecule has 170 valence electrons. The average Bonchev–Trinajstić information content (AvgIpc) is 3.44. The number of carboxylic acid groups (broad SMARTS) is 1. The van der Waals surface area contributed by atoms with Crippen LogP contribution in [0.2, 0.25) is 0 Å². The summed E-state index contributed by atoms with van der Waals surface area (Å²) in [6.07, 6.45) is 8.55. The van der Waals surface area contributed by atoms with Gasteiger partial charge in [-0.1, -0.05) is 0 Å². The third-order valence-electron chi connectivity index (χ3n) is 5.55. The average molecular weight is 459 g/mol. The normalized spacial score (nSPS) is 20.4. The van der Waals surface area contributed by atoms with Crippen LogP contribution in [0.5, 0.6) is 0 Å². The molecule has 0 aliphatic carbocycles. The van der Waals surface area contributed by atoms with Crippen molar-refractivity contribution in [3.05, 3.63) is 41.6 Å². The van der Waals surface area contributed by atoms with Crippen molar-refractivity contribution < 1.29 is 19.4 Å². The van der Waals surface area contributed by atoms with Crippen molar-refractivity contribution in [3.63, 3.8) is 0 Å². The number of carboxylic acids is 1. The minimum atomic E-state index is -0.833. The molecular weight excluding hydrogens is 432 g/mol. The number of rotatable bonds is 3. The van der Waals surface area contributed by atoms with Crippen molar-refractivity contribution in [2.75, 3.05) is 37.7 Å². The van der Waals surface area contributed by atoms with Crippen molar-refractivity contribution in [1.82, 2.24) is 24.3 Å². The Labute approximate surface area is 189 Å². The summed E-state index contributed by atoms with van der Waals surface area (Å²) < 4.78 is 8.15. The Morgan fingerprint density at radius 2 is 2.03 bits per heavy atom. The molecule has 5 heterocycles. The van der Waals surface area contributed by atoms with Crippen LogP contribution < -0.4 is 4.90 Å². The minimum Gasteiger partial charge on any atom is -0.481 e. The molecule has 3 aromatic rings. The van der Waals surface area contributed by atoms with Crippen LogP contribution in [-0.4, -0.2) is 79.6 Å². The van der Waals surface area contributed by atoms with Crippen molar-refractivity contribution >= 4 is 34.0 Å². The van der Waals surface area contributed by atoms with Gasteiger partial charge in [0.25, 0.3) is 5.97 Å². The van der Waals surface area contributed by atoms with Crippen LogP contribution in [-0.2, 0) is 20.7 Å². The SMILES string of the molecule is CC(=O)O.Cc1nccnc1N1CCC2(CN(C(=O)Cc3cn4ccsc4n3)CCO2)C1. The maximum atomic E-state index is 12.9. The molecule has 0 bridgehead atoms. The van der Waals surface area contributed by atoms with E-state index in [4.69, 9.17) is 14.6 Å². The molecule has 1 amide bonds. The fraction of sp³-hybridized carbons (Fsp3) is 0.476. The third-order valence-corrected chi connectivity index (χ3v) is 6.32. The van der Waals surface area contributed by atoms with E-state index in [1.54, 1.807) is 23.7 Å². The zero-order valence-electron chi connectivity index (χ0n) is 18.1. The number of hydrogen-bond acceptors (Lipinski definition) is 8. The van der Waals surface area contributed by atoms with Crippen LogP contribution in [0.3, 0.4) is 0 Å². The topological polar surface area (TPSA) is 113 Å². The minimum absolute atomic E-state index is 0.113. The number of aryl methyl sites for hydroxylation is 1. The molecule has 0 saturated carbocycles. The van der Waals surface area contributed by atoms with Crippen molar-refractivity contribution in [2.45, 2.75) is 32.3 Å². The van der Waals surface area contributed by atoms with E-state index in [-0.39, 0.29) is 11.5 Å². The van der Waals surface area contributed by atoms with Gasteiger partial charge in [0.2, 0.25) is 5.91 Å². The number of ether oxygens (including phenoxy) is 1. The van der Waals surface area contributed by atoms with Gasteiger partial charge in [0.15, 0.2) is 4.96 Å². The molecular formula is C21H26N6O4S.